The molecule has 0 saturated carbocycles. The molecule has 0 unspecified atom stereocenters. The van der Waals surface area contributed by atoms with Crippen LogP contribution in [0, 0.1) is 0 Å². The Kier molecular flexibility index (Phi) is 3.05. The molecule has 1 heterocycles. The van der Waals surface area contributed by atoms with E-state index in [9.17, 15) is 13.2 Å². The zero-order chi connectivity index (χ0) is 9.19. The largest absolute Gasteiger partial charge is 0.389 e. The third kappa shape index (κ3) is 3.48. The van der Waals surface area contributed by atoms with Gasteiger partial charge in [-0.25, -0.2) is 0 Å². The van der Waals surface area contributed by atoms with Gasteiger partial charge >= 0.3 is 6.18 Å². The normalized spacial score (nSPS) is 12.0. The molecule has 0 aliphatic carbocycles. The van der Waals surface area contributed by atoms with Crippen LogP contribution in [0.2, 0.25) is 0 Å². The van der Waals surface area contributed by atoms with Crippen LogP contribution in [0.3, 0.4) is 0 Å². The lowest BCUT2D eigenvalue weighted by Crippen LogP contribution is -2.08. The smallest absolute Gasteiger partial charge is 0.171 e. The summed E-state index contributed by atoms with van der Waals surface area (Å²) in [7, 11) is 0. The first-order chi connectivity index (χ1) is 5.47. The van der Waals surface area contributed by atoms with Crippen LogP contribution in [0.4, 0.5) is 13.2 Å². The lowest BCUT2D eigenvalue weighted by molar-refractivity contribution is -0.134. The predicted molar refractivity (Wildman–Crippen MR) is 42.0 cm³/mol. The average molecular weight is 261 g/mol. The minimum atomic E-state index is -4.11. The van der Waals surface area contributed by atoms with Gasteiger partial charge in [-0.3, -0.25) is 0 Å². The van der Waals surface area contributed by atoms with Crippen molar-refractivity contribution in [3.05, 3.63) is 8.92 Å². The predicted octanol–water partition coefficient (Wildman–Crippen LogP) is 2.80. The Labute approximate surface area is 78.9 Å². The molecular weight excluding hydrogens is 257 g/mol. The first kappa shape index (κ1) is 9.91. The number of aryl methyl sites for hydroxylation is 1. The van der Waals surface area contributed by atoms with Crippen molar-refractivity contribution in [3.8, 4) is 0 Å². The number of alkyl halides is 3. The number of hydrogen-bond acceptors (Lipinski definition) is 3. The molecule has 0 fully saturated rings. The third-order valence-corrected chi connectivity index (χ3v) is 2.48. The first-order valence-corrected chi connectivity index (χ1v) is 4.63. The molecule has 1 aromatic rings. The van der Waals surface area contributed by atoms with Gasteiger partial charge in [-0.15, -0.1) is 10.2 Å². The van der Waals surface area contributed by atoms with Gasteiger partial charge in [-0.1, -0.05) is 11.3 Å². The van der Waals surface area contributed by atoms with Crippen molar-refractivity contribution in [2.24, 2.45) is 0 Å². The summed E-state index contributed by atoms with van der Waals surface area (Å²) >= 11 is 4.14. The van der Waals surface area contributed by atoms with Crippen molar-refractivity contribution in [2.45, 2.75) is 19.0 Å². The first-order valence-electron chi connectivity index (χ1n) is 3.02. The Morgan fingerprint density at radius 2 is 2.00 bits per heavy atom. The molecule has 0 radical (unpaired) electrons. The minimum absolute atomic E-state index is 0.0905. The Morgan fingerprint density at radius 1 is 1.33 bits per heavy atom. The van der Waals surface area contributed by atoms with E-state index in [1.165, 1.54) is 0 Å². The highest BCUT2D eigenvalue weighted by molar-refractivity contribution is 9.11. The zero-order valence-electron chi connectivity index (χ0n) is 5.73. The molecule has 7 heteroatoms. The Bertz CT molecular complexity index is 259. The highest BCUT2D eigenvalue weighted by Gasteiger charge is 2.27. The molecule has 0 aromatic carbocycles. The van der Waals surface area contributed by atoms with E-state index < -0.39 is 12.6 Å². The fourth-order valence-corrected chi connectivity index (χ4v) is 1.78. The summed E-state index contributed by atoms with van der Waals surface area (Å²) in [5.41, 5.74) is 0. The van der Waals surface area contributed by atoms with Gasteiger partial charge in [0.1, 0.15) is 5.01 Å². The molecule has 0 aliphatic heterocycles. The van der Waals surface area contributed by atoms with Crippen molar-refractivity contribution in [1.82, 2.24) is 10.2 Å². The maximum Gasteiger partial charge on any atom is 0.389 e. The lowest BCUT2D eigenvalue weighted by Gasteiger charge is -2.02. The van der Waals surface area contributed by atoms with Gasteiger partial charge in [-0.2, -0.15) is 13.2 Å². The van der Waals surface area contributed by atoms with Crippen LogP contribution in [0.5, 0.6) is 0 Å². The van der Waals surface area contributed by atoms with Crippen LogP contribution in [-0.4, -0.2) is 16.4 Å². The number of rotatable bonds is 2. The van der Waals surface area contributed by atoms with E-state index in [2.05, 4.69) is 26.1 Å². The zero-order valence-corrected chi connectivity index (χ0v) is 8.13. The van der Waals surface area contributed by atoms with Gasteiger partial charge in [0.2, 0.25) is 0 Å². The number of nitrogens with zero attached hydrogens (tertiary/aromatic N) is 2. The van der Waals surface area contributed by atoms with Crippen molar-refractivity contribution in [1.29, 1.82) is 0 Å². The summed E-state index contributed by atoms with van der Waals surface area (Å²) in [6.45, 7) is 0. The van der Waals surface area contributed by atoms with E-state index in [-0.39, 0.29) is 6.42 Å². The van der Waals surface area contributed by atoms with Crippen molar-refractivity contribution < 1.29 is 13.2 Å². The summed E-state index contributed by atoms with van der Waals surface area (Å²) in [5.74, 6) is 0. The van der Waals surface area contributed by atoms with Crippen molar-refractivity contribution >= 4 is 27.3 Å². The fourth-order valence-electron chi connectivity index (χ4n) is 0.583. The molecular formula is C5H4BrF3N2S. The molecule has 12 heavy (non-hydrogen) atoms. The van der Waals surface area contributed by atoms with Crippen LogP contribution in [0.25, 0.3) is 0 Å². The maximum atomic E-state index is 11.7. The van der Waals surface area contributed by atoms with Crippen molar-refractivity contribution in [2.75, 3.05) is 0 Å². The quantitative estimate of drug-likeness (QED) is 0.818. The van der Waals surface area contributed by atoms with E-state index in [4.69, 9.17) is 0 Å². The molecule has 0 atom stereocenters. The third-order valence-electron chi connectivity index (χ3n) is 1.06. The Balaban J connectivity index is 2.44. The molecule has 68 valence electrons. The summed E-state index contributed by atoms with van der Waals surface area (Å²) < 4.78 is 35.6. The molecule has 1 rings (SSSR count). The molecule has 0 N–H and O–H groups in total. The van der Waals surface area contributed by atoms with E-state index in [1.54, 1.807) is 0 Å². The minimum Gasteiger partial charge on any atom is -0.171 e. The summed E-state index contributed by atoms with van der Waals surface area (Å²) in [4.78, 5) is 0. The van der Waals surface area contributed by atoms with Crippen LogP contribution < -0.4 is 0 Å². The van der Waals surface area contributed by atoms with Gasteiger partial charge < -0.3 is 0 Å². The topological polar surface area (TPSA) is 25.8 Å². The van der Waals surface area contributed by atoms with Gasteiger partial charge in [0, 0.05) is 12.8 Å². The second-order valence-corrected chi connectivity index (χ2v) is 4.40. The van der Waals surface area contributed by atoms with Crippen LogP contribution in [0.15, 0.2) is 3.92 Å². The van der Waals surface area contributed by atoms with Crippen molar-refractivity contribution in [3.63, 3.8) is 0 Å². The second-order valence-electron chi connectivity index (χ2n) is 2.06. The Hall–Kier alpha value is -0.170. The van der Waals surface area contributed by atoms with Crippen LogP contribution in [-0.2, 0) is 6.42 Å². The number of hydrogen-bond donors (Lipinski definition) is 0. The summed E-state index contributed by atoms with van der Waals surface area (Å²) in [6, 6.07) is 0. The molecule has 2 nitrogen and oxygen atoms in total. The molecule has 0 aliphatic rings. The molecule has 0 bridgehead atoms. The van der Waals surface area contributed by atoms with E-state index in [0.717, 1.165) is 11.3 Å². The lowest BCUT2D eigenvalue weighted by atomic mass is 10.3. The molecule has 0 spiro atoms. The summed E-state index contributed by atoms with van der Waals surface area (Å²) in [5, 5.41) is 7.48. The highest BCUT2D eigenvalue weighted by Crippen LogP contribution is 2.24. The average Bonchev–Trinajstić information content (AvgIpc) is 2.30. The standard InChI is InChI=1S/C5H4BrF3N2S/c6-4-11-10-3(12-4)1-2-5(7,8)9/h1-2H2. The number of aromatic nitrogens is 2. The Morgan fingerprint density at radius 3 is 2.42 bits per heavy atom. The SMILES string of the molecule is FC(F)(F)CCc1nnc(Br)s1. The second kappa shape index (κ2) is 3.69. The van der Waals surface area contributed by atoms with Gasteiger partial charge in [0.25, 0.3) is 0 Å². The summed E-state index contributed by atoms with van der Waals surface area (Å²) in [6.07, 6.45) is -5.04. The van der Waals surface area contributed by atoms with E-state index >= 15 is 0 Å². The van der Waals surface area contributed by atoms with Crippen LogP contribution >= 0.6 is 27.3 Å². The van der Waals surface area contributed by atoms with E-state index in [1.807, 2.05) is 0 Å². The maximum absolute atomic E-state index is 11.7. The van der Waals surface area contributed by atoms with Gasteiger partial charge in [0.05, 0.1) is 0 Å². The molecule has 1 aromatic heterocycles. The van der Waals surface area contributed by atoms with Gasteiger partial charge in [0.15, 0.2) is 3.92 Å². The van der Waals surface area contributed by atoms with Gasteiger partial charge in [-0.05, 0) is 15.9 Å². The fraction of sp³-hybridized carbons (Fsp3) is 0.600. The molecule has 0 amide bonds. The van der Waals surface area contributed by atoms with Crippen LogP contribution in [0.1, 0.15) is 11.4 Å². The highest BCUT2D eigenvalue weighted by atomic mass is 79.9. The number of halogens is 4. The molecule has 0 saturated heterocycles. The van der Waals surface area contributed by atoms with E-state index in [0.29, 0.717) is 8.92 Å². The monoisotopic (exact) mass is 260 g/mol.